The molecule has 5 nitrogen and oxygen atoms in total. The summed E-state index contributed by atoms with van der Waals surface area (Å²) < 4.78 is 1.47. The maximum Gasteiger partial charge on any atom is 0.158 e. The molecule has 0 unspecified atom stereocenters. The summed E-state index contributed by atoms with van der Waals surface area (Å²) in [5.74, 6) is 1.15. The quantitative estimate of drug-likeness (QED) is 0.599. The summed E-state index contributed by atoms with van der Waals surface area (Å²) in [5.41, 5.74) is 0. The lowest BCUT2D eigenvalue weighted by Gasteiger charge is -1.97. The lowest BCUT2D eigenvalue weighted by Crippen LogP contribution is -2.01. The summed E-state index contributed by atoms with van der Waals surface area (Å²) in [4.78, 5) is 4.06. The number of hydrogen-bond acceptors (Lipinski definition) is 4. The lowest BCUT2D eigenvalue weighted by atomic mass is 10.4. The van der Waals surface area contributed by atoms with Gasteiger partial charge in [0, 0.05) is 13.1 Å². The van der Waals surface area contributed by atoms with Crippen molar-refractivity contribution in [3.63, 3.8) is 0 Å². The molecule has 0 aliphatic rings. The topological polar surface area (TPSA) is 56.5 Å². The van der Waals surface area contributed by atoms with Crippen LogP contribution in [0.4, 0.5) is 0 Å². The Hall–Kier alpha value is -1.78. The fourth-order valence-electron chi connectivity index (χ4n) is 0.863. The van der Waals surface area contributed by atoms with Crippen LogP contribution in [0.1, 0.15) is 5.82 Å². The van der Waals surface area contributed by atoms with Crippen molar-refractivity contribution in [2.45, 2.75) is 0 Å². The summed E-state index contributed by atoms with van der Waals surface area (Å²) in [6.07, 6.45) is 1.68. The van der Waals surface area contributed by atoms with Crippen LogP contribution in [0.3, 0.4) is 0 Å². The van der Waals surface area contributed by atoms with E-state index in [-0.39, 0.29) is 0 Å². The molecule has 2 rings (SSSR count). The van der Waals surface area contributed by atoms with E-state index < -0.39 is 0 Å². The van der Waals surface area contributed by atoms with Crippen LogP contribution >= 0.6 is 0 Å². The molecule has 0 aliphatic heterocycles. The van der Waals surface area contributed by atoms with Crippen molar-refractivity contribution in [1.29, 1.82) is 0 Å². The molecule has 2 heterocycles. The second-order valence-electron chi connectivity index (χ2n) is 2.19. The number of tetrazole rings is 1. The highest BCUT2D eigenvalue weighted by Crippen LogP contribution is 2.00. The molecule has 0 fully saturated rings. The van der Waals surface area contributed by atoms with E-state index in [9.17, 15) is 0 Å². The summed E-state index contributed by atoms with van der Waals surface area (Å²) >= 11 is 0. The molecule has 5 heteroatoms. The number of nitrogens with zero attached hydrogens (tertiary/aromatic N) is 5. The summed E-state index contributed by atoms with van der Waals surface area (Å²) in [7, 11) is 0. The summed E-state index contributed by atoms with van der Waals surface area (Å²) in [6.45, 7) is 3.64. The highest BCUT2D eigenvalue weighted by molar-refractivity contribution is 5.20. The molecule has 0 atom stereocenters. The van der Waals surface area contributed by atoms with Crippen LogP contribution in [0.5, 0.6) is 0 Å². The molecule has 2 aromatic heterocycles. The van der Waals surface area contributed by atoms with Gasteiger partial charge in [-0.3, -0.25) is 0 Å². The van der Waals surface area contributed by atoms with Crippen LogP contribution in [0.2, 0.25) is 0 Å². The van der Waals surface area contributed by atoms with Crippen molar-refractivity contribution in [2.75, 3.05) is 0 Å². The standard InChI is InChI=1S/C7H6N5/c1-6-9-10-11-12(6)7-4-2-3-5-8-7/h2-5H,1H2. The molecule has 0 aliphatic carbocycles. The van der Waals surface area contributed by atoms with Crippen LogP contribution < -0.4 is 0 Å². The van der Waals surface area contributed by atoms with Gasteiger partial charge in [-0.05, 0) is 22.6 Å². The largest absolute Gasteiger partial charge is 0.237 e. The van der Waals surface area contributed by atoms with Gasteiger partial charge in [-0.2, -0.15) is 4.68 Å². The second-order valence-corrected chi connectivity index (χ2v) is 2.19. The minimum Gasteiger partial charge on any atom is -0.237 e. The van der Waals surface area contributed by atoms with Gasteiger partial charge >= 0.3 is 0 Å². The first-order valence-corrected chi connectivity index (χ1v) is 3.39. The SMILES string of the molecule is [CH2]c1nnnn1-c1ccccn1. The van der Waals surface area contributed by atoms with Crippen molar-refractivity contribution < 1.29 is 0 Å². The minimum atomic E-state index is 0.480. The Morgan fingerprint density at radius 3 is 2.83 bits per heavy atom. The number of aromatic nitrogens is 5. The predicted molar refractivity (Wildman–Crippen MR) is 41.4 cm³/mol. The van der Waals surface area contributed by atoms with Gasteiger partial charge in [-0.15, -0.1) is 5.10 Å². The molecule has 59 valence electrons. The first-order valence-electron chi connectivity index (χ1n) is 3.39. The van der Waals surface area contributed by atoms with Crippen molar-refractivity contribution in [2.24, 2.45) is 0 Å². The van der Waals surface area contributed by atoms with Gasteiger partial charge in [-0.25, -0.2) is 4.98 Å². The molecule has 0 saturated carbocycles. The van der Waals surface area contributed by atoms with Crippen molar-refractivity contribution in [1.82, 2.24) is 25.2 Å². The Kier molecular flexibility index (Phi) is 1.55. The molecule has 1 radical (unpaired) electrons. The summed E-state index contributed by atoms with van der Waals surface area (Å²) in [5, 5.41) is 10.8. The highest BCUT2D eigenvalue weighted by Gasteiger charge is 2.01. The number of rotatable bonds is 1. The van der Waals surface area contributed by atoms with Crippen LogP contribution in [0, 0.1) is 6.92 Å². The Labute approximate surface area is 69.1 Å². The van der Waals surface area contributed by atoms with E-state index in [0.29, 0.717) is 11.6 Å². The zero-order chi connectivity index (χ0) is 8.39. The predicted octanol–water partition coefficient (Wildman–Crippen LogP) is 0.239. The molecule has 12 heavy (non-hydrogen) atoms. The van der Waals surface area contributed by atoms with E-state index in [0.717, 1.165) is 0 Å². The van der Waals surface area contributed by atoms with Crippen LogP contribution in [0.25, 0.3) is 5.82 Å². The van der Waals surface area contributed by atoms with E-state index in [4.69, 9.17) is 0 Å². The first-order chi connectivity index (χ1) is 5.88. The number of hydrogen-bond donors (Lipinski definition) is 0. The number of pyridine rings is 1. The Morgan fingerprint density at radius 2 is 2.25 bits per heavy atom. The van der Waals surface area contributed by atoms with Crippen LogP contribution in [-0.2, 0) is 0 Å². The molecule has 0 spiro atoms. The molecular formula is C7H6N5. The molecule has 2 aromatic rings. The smallest absolute Gasteiger partial charge is 0.158 e. The van der Waals surface area contributed by atoms with Gasteiger partial charge in [-0.1, -0.05) is 6.07 Å². The first kappa shape index (κ1) is 6.90. The van der Waals surface area contributed by atoms with Gasteiger partial charge < -0.3 is 0 Å². The van der Waals surface area contributed by atoms with Gasteiger partial charge in [0.25, 0.3) is 0 Å². The third-order valence-corrected chi connectivity index (χ3v) is 1.40. The van der Waals surface area contributed by atoms with E-state index in [1.165, 1.54) is 4.68 Å². The molecule has 0 bridgehead atoms. The van der Waals surface area contributed by atoms with Gasteiger partial charge in [0.2, 0.25) is 0 Å². The van der Waals surface area contributed by atoms with E-state index >= 15 is 0 Å². The third-order valence-electron chi connectivity index (χ3n) is 1.40. The normalized spacial score (nSPS) is 10.1. The Bertz CT molecular complexity index is 366. The fourth-order valence-corrected chi connectivity index (χ4v) is 0.863. The molecular weight excluding hydrogens is 154 g/mol. The average Bonchev–Trinajstić information content (AvgIpc) is 2.53. The van der Waals surface area contributed by atoms with E-state index in [1.807, 2.05) is 18.2 Å². The molecule has 0 saturated heterocycles. The average molecular weight is 160 g/mol. The minimum absolute atomic E-state index is 0.480. The maximum absolute atomic E-state index is 4.06. The molecule has 0 N–H and O–H groups in total. The zero-order valence-electron chi connectivity index (χ0n) is 6.25. The van der Waals surface area contributed by atoms with Crippen molar-refractivity contribution in [3.05, 3.63) is 37.1 Å². The molecule has 0 aromatic carbocycles. The van der Waals surface area contributed by atoms with Gasteiger partial charge in [0.05, 0.1) is 0 Å². The second kappa shape index (κ2) is 2.69. The zero-order valence-corrected chi connectivity index (χ0v) is 6.25. The van der Waals surface area contributed by atoms with Gasteiger partial charge in [0.15, 0.2) is 11.6 Å². The van der Waals surface area contributed by atoms with Crippen LogP contribution in [-0.4, -0.2) is 25.2 Å². The Morgan fingerprint density at radius 1 is 1.33 bits per heavy atom. The van der Waals surface area contributed by atoms with E-state index in [2.05, 4.69) is 27.4 Å². The monoisotopic (exact) mass is 160 g/mol. The highest BCUT2D eigenvalue weighted by atomic mass is 15.5. The van der Waals surface area contributed by atoms with Gasteiger partial charge in [0.1, 0.15) is 0 Å². The van der Waals surface area contributed by atoms with E-state index in [1.54, 1.807) is 6.20 Å². The van der Waals surface area contributed by atoms with Crippen molar-refractivity contribution >= 4 is 0 Å². The molecule has 0 amide bonds. The third kappa shape index (κ3) is 1.05. The van der Waals surface area contributed by atoms with Crippen LogP contribution in [0.15, 0.2) is 24.4 Å². The van der Waals surface area contributed by atoms with Crippen molar-refractivity contribution in [3.8, 4) is 5.82 Å². The summed E-state index contributed by atoms with van der Waals surface area (Å²) in [6, 6.07) is 5.51. The Balaban J connectivity index is 2.51. The lowest BCUT2D eigenvalue weighted by molar-refractivity contribution is 0.766. The fraction of sp³-hybridized carbons (Fsp3) is 0. The maximum atomic E-state index is 4.06.